The van der Waals surface area contributed by atoms with Gasteiger partial charge in [0, 0.05) is 18.2 Å². The van der Waals surface area contributed by atoms with Gasteiger partial charge in [0.15, 0.2) is 0 Å². The van der Waals surface area contributed by atoms with Gasteiger partial charge in [0.1, 0.15) is 5.15 Å². The number of para-hydroxylation sites is 1. The van der Waals surface area contributed by atoms with Crippen LogP contribution in [0.25, 0.3) is 11.8 Å². The van der Waals surface area contributed by atoms with Gasteiger partial charge in [-0.25, -0.2) is 4.68 Å². The summed E-state index contributed by atoms with van der Waals surface area (Å²) in [7, 11) is 0. The highest BCUT2D eigenvalue weighted by molar-refractivity contribution is 6.31. The van der Waals surface area contributed by atoms with E-state index in [1.807, 2.05) is 37.3 Å². The number of rotatable bonds is 6. The van der Waals surface area contributed by atoms with Crippen LogP contribution in [-0.4, -0.2) is 33.4 Å². The Morgan fingerprint density at radius 1 is 1.43 bits per heavy atom. The molecule has 0 aliphatic heterocycles. The first-order valence-corrected chi connectivity index (χ1v) is 7.81. The van der Waals surface area contributed by atoms with Crippen LogP contribution in [0.2, 0.25) is 5.15 Å². The summed E-state index contributed by atoms with van der Waals surface area (Å²) < 4.78 is 1.64. The van der Waals surface area contributed by atoms with Crippen LogP contribution in [0, 0.1) is 6.92 Å². The summed E-state index contributed by atoms with van der Waals surface area (Å²) in [5.41, 5.74) is 2.31. The van der Waals surface area contributed by atoms with Gasteiger partial charge < -0.3 is 10.4 Å². The zero-order valence-corrected chi connectivity index (χ0v) is 13.9. The second-order valence-electron chi connectivity index (χ2n) is 5.30. The van der Waals surface area contributed by atoms with Gasteiger partial charge in [-0.05, 0) is 38.5 Å². The summed E-state index contributed by atoms with van der Waals surface area (Å²) in [6.45, 7) is 3.95. The average molecular weight is 334 g/mol. The molecule has 2 aromatic rings. The molecule has 0 spiro atoms. The maximum absolute atomic E-state index is 11.7. The predicted molar refractivity (Wildman–Crippen MR) is 91.7 cm³/mol. The number of aliphatic hydroxyl groups excluding tert-OH is 1. The molecular weight excluding hydrogens is 314 g/mol. The Kier molecular flexibility index (Phi) is 5.96. The molecule has 1 atom stereocenters. The Hall–Kier alpha value is -2.11. The van der Waals surface area contributed by atoms with Crippen molar-refractivity contribution in [2.24, 2.45) is 0 Å². The van der Waals surface area contributed by atoms with Crippen molar-refractivity contribution in [3.05, 3.63) is 52.8 Å². The van der Waals surface area contributed by atoms with Crippen LogP contribution >= 0.6 is 11.6 Å². The van der Waals surface area contributed by atoms with Crippen molar-refractivity contribution in [2.45, 2.75) is 26.4 Å². The van der Waals surface area contributed by atoms with Crippen LogP contribution in [-0.2, 0) is 4.79 Å². The molecule has 1 unspecified atom stereocenters. The molecule has 0 saturated carbocycles. The smallest absolute Gasteiger partial charge is 0.244 e. The molecule has 0 fully saturated rings. The minimum absolute atomic E-state index is 0.228. The first kappa shape index (κ1) is 17.2. The number of aryl methyl sites for hydroxylation is 1. The molecule has 0 bridgehead atoms. The van der Waals surface area contributed by atoms with E-state index in [0.717, 1.165) is 11.4 Å². The molecule has 1 heterocycles. The highest BCUT2D eigenvalue weighted by Gasteiger charge is 2.12. The molecular formula is C17H20ClN3O2. The van der Waals surface area contributed by atoms with Gasteiger partial charge in [0.25, 0.3) is 0 Å². The number of hydrogen-bond acceptors (Lipinski definition) is 3. The molecule has 2 N–H and O–H groups in total. The zero-order chi connectivity index (χ0) is 16.8. The van der Waals surface area contributed by atoms with Gasteiger partial charge >= 0.3 is 0 Å². The third-order valence-corrected chi connectivity index (χ3v) is 3.68. The van der Waals surface area contributed by atoms with E-state index < -0.39 is 6.10 Å². The standard InChI is InChI=1S/C17H20ClN3O2/c1-12(22)10-11-19-16(23)9-8-15-13(2)20-21(17(15)18)14-6-4-3-5-7-14/h3-9,12,22H,10-11H2,1-2H3,(H,19,23). The number of nitrogens with zero attached hydrogens (tertiary/aromatic N) is 2. The van der Waals surface area contributed by atoms with Gasteiger partial charge in [0.05, 0.1) is 17.5 Å². The highest BCUT2D eigenvalue weighted by Crippen LogP contribution is 2.24. The van der Waals surface area contributed by atoms with Crippen molar-refractivity contribution in [3.63, 3.8) is 0 Å². The molecule has 1 aromatic heterocycles. The average Bonchev–Trinajstić information content (AvgIpc) is 2.80. The lowest BCUT2D eigenvalue weighted by molar-refractivity contribution is -0.116. The van der Waals surface area contributed by atoms with Crippen LogP contribution in [0.1, 0.15) is 24.6 Å². The number of hydrogen-bond donors (Lipinski definition) is 2. The van der Waals surface area contributed by atoms with Crippen molar-refractivity contribution in [2.75, 3.05) is 6.54 Å². The minimum atomic E-state index is -0.430. The van der Waals surface area contributed by atoms with Crippen LogP contribution in [0.5, 0.6) is 0 Å². The Bertz CT molecular complexity index is 693. The van der Waals surface area contributed by atoms with Gasteiger partial charge in [-0.2, -0.15) is 5.10 Å². The number of nitrogens with one attached hydrogen (secondary N) is 1. The number of halogens is 1. The van der Waals surface area contributed by atoms with Crippen LogP contribution in [0.3, 0.4) is 0 Å². The Morgan fingerprint density at radius 3 is 2.78 bits per heavy atom. The molecule has 0 aliphatic rings. The number of aliphatic hydroxyl groups is 1. The van der Waals surface area contributed by atoms with E-state index in [2.05, 4.69) is 10.4 Å². The molecule has 122 valence electrons. The Balaban J connectivity index is 2.10. The first-order valence-electron chi connectivity index (χ1n) is 7.43. The maximum atomic E-state index is 11.7. The normalized spacial score (nSPS) is 12.5. The van der Waals surface area contributed by atoms with Crippen molar-refractivity contribution >= 4 is 23.6 Å². The van der Waals surface area contributed by atoms with Crippen molar-refractivity contribution < 1.29 is 9.90 Å². The van der Waals surface area contributed by atoms with Crippen molar-refractivity contribution in [3.8, 4) is 5.69 Å². The van der Waals surface area contributed by atoms with Gasteiger partial charge in [-0.15, -0.1) is 0 Å². The second kappa shape index (κ2) is 7.94. The van der Waals surface area contributed by atoms with E-state index in [4.69, 9.17) is 16.7 Å². The lowest BCUT2D eigenvalue weighted by atomic mass is 10.2. The Labute approximate surface area is 140 Å². The third-order valence-electron chi connectivity index (χ3n) is 3.31. The van der Waals surface area contributed by atoms with E-state index >= 15 is 0 Å². The number of amides is 1. The van der Waals surface area contributed by atoms with Crippen molar-refractivity contribution in [1.29, 1.82) is 0 Å². The van der Waals surface area contributed by atoms with Crippen LogP contribution < -0.4 is 5.32 Å². The molecule has 1 aromatic carbocycles. The number of carbonyl (C=O) groups is 1. The quantitative estimate of drug-likeness (QED) is 0.799. The molecule has 0 radical (unpaired) electrons. The fraction of sp³-hybridized carbons (Fsp3) is 0.294. The minimum Gasteiger partial charge on any atom is -0.393 e. The summed E-state index contributed by atoms with van der Waals surface area (Å²) in [5.74, 6) is -0.228. The summed E-state index contributed by atoms with van der Waals surface area (Å²) in [4.78, 5) is 11.7. The van der Waals surface area contributed by atoms with Gasteiger partial charge in [0.2, 0.25) is 5.91 Å². The molecule has 0 saturated heterocycles. The van der Waals surface area contributed by atoms with Crippen molar-refractivity contribution in [1.82, 2.24) is 15.1 Å². The summed E-state index contributed by atoms with van der Waals surface area (Å²) in [6, 6.07) is 9.57. The monoisotopic (exact) mass is 333 g/mol. The predicted octanol–water partition coefficient (Wildman–Crippen LogP) is 2.73. The topological polar surface area (TPSA) is 67.2 Å². The van der Waals surface area contributed by atoms with E-state index in [-0.39, 0.29) is 5.91 Å². The number of benzene rings is 1. The van der Waals surface area contributed by atoms with Gasteiger partial charge in [-0.1, -0.05) is 29.8 Å². The molecule has 6 heteroatoms. The van der Waals surface area contributed by atoms with Gasteiger partial charge in [-0.3, -0.25) is 4.79 Å². The first-order chi connectivity index (χ1) is 11.0. The van der Waals surface area contributed by atoms with Crippen LogP contribution in [0.4, 0.5) is 0 Å². The maximum Gasteiger partial charge on any atom is 0.244 e. The Morgan fingerprint density at radius 2 is 2.13 bits per heavy atom. The fourth-order valence-electron chi connectivity index (χ4n) is 2.06. The molecule has 0 aliphatic carbocycles. The molecule has 1 amide bonds. The molecule has 23 heavy (non-hydrogen) atoms. The van der Waals surface area contributed by atoms with Crippen LogP contribution in [0.15, 0.2) is 36.4 Å². The number of carbonyl (C=O) groups excluding carboxylic acids is 1. The lowest BCUT2D eigenvalue weighted by Crippen LogP contribution is -2.24. The fourth-order valence-corrected chi connectivity index (χ4v) is 2.40. The van der Waals surface area contributed by atoms with E-state index in [1.165, 1.54) is 6.08 Å². The second-order valence-corrected chi connectivity index (χ2v) is 5.66. The third kappa shape index (κ3) is 4.68. The highest BCUT2D eigenvalue weighted by atomic mass is 35.5. The molecule has 2 rings (SSSR count). The molecule has 5 nitrogen and oxygen atoms in total. The summed E-state index contributed by atoms with van der Waals surface area (Å²) in [5, 5.41) is 16.7. The SMILES string of the molecule is Cc1nn(-c2ccccc2)c(Cl)c1C=CC(=O)NCCC(C)O. The number of aromatic nitrogens is 2. The lowest BCUT2D eigenvalue weighted by Gasteiger charge is -2.04. The largest absolute Gasteiger partial charge is 0.393 e. The van der Waals surface area contributed by atoms with E-state index in [1.54, 1.807) is 17.7 Å². The summed E-state index contributed by atoms with van der Waals surface area (Å²) >= 11 is 6.38. The summed E-state index contributed by atoms with van der Waals surface area (Å²) in [6.07, 6.45) is 3.17. The van der Waals surface area contributed by atoms with E-state index in [0.29, 0.717) is 23.7 Å². The van der Waals surface area contributed by atoms with E-state index in [9.17, 15) is 4.79 Å². The zero-order valence-electron chi connectivity index (χ0n) is 13.2.